The number of nitrogens with zero attached hydrogens (tertiary/aromatic N) is 4. The lowest BCUT2D eigenvalue weighted by atomic mass is 9.85. The summed E-state index contributed by atoms with van der Waals surface area (Å²) in [6.07, 6.45) is 7.02. The Balaban J connectivity index is 0.804. The van der Waals surface area contributed by atoms with Crippen LogP contribution in [0.15, 0.2) is 96.5 Å². The first-order chi connectivity index (χ1) is 35.0. The summed E-state index contributed by atoms with van der Waals surface area (Å²) in [5.41, 5.74) is 15.3. The summed E-state index contributed by atoms with van der Waals surface area (Å²) in [5, 5.41) is 27.5. The van der Waals surface area contributed by atoms with Gasteiger partial charge in [0.25, 0.3) is 0 Å². The van der Waals surface area contributed by atoms with Crippen LogP contribution in [0, 0.1) is 12.3 Å². The predicted molar refractivity (Wildman–Crippen MR) is 291 cm³/mol. The topological polar surface area (TPSA) is 214 Å². The number of β-amino-alcohol motifs (C(OH)–C–C–N with tert-alkyl or cyclic N) is 1. The molecule has 1 aliphatic heterocycles. The van der Waals surface area contributed by atoms with Gasteiger partial charge in [0.15, 0.2) is 5.82 Å². The minimum absolute atomic E-state index is 0.0193. The van der Waals surface area contributed by atoms with Crippen LogP contribution < -0.4 is 27.0 Å². The van der Waals surface area contributed by atoms with Crippen LogP contribution in [0.25, 0.3) is 32.5 Å². The number of urea groups is 1. The third-order valence-electron chi connectivity index (χ3n) is 13.5. The standard InChI is InChI=1S/C57H71N9O6S/c1-36(2)40-18-15-20-42(30-40)61-56(72)62-43-21-16-19-41(31-43)45-22-17-23-46-50(45)53(58)64-66(46)49(69)25-14-12-10-8-7-9-11-13-24-48(68)63-52(57(4,5)6)55(71)65-34-44(67)32-47(65)54(70)59-33-38-26-28-39(29-27-38)51-37(3)60-35-73-51/h15-23,26-31,35-36,44,47,52,67H,7-14,24-25,32-34H2,1-6H3,(H2,58,64)(H,59,70)(H,63,68)(H2,61,62,72). The van der Waals surface area contributed by atoms with Crippen LogP contribution in [0.1, 0.15) is 133 Å². The van der Waals surface area contributed by atoms with Gasteiger partial charge in [0.05, 0.1) is 33.1 Å². The number of aliphatic hydroxyl groups is 1. The van der Waals surface area contributed by atoms with Crippen molar-refractivity contribution in [1.82, 2.24) is 30.3 Å². The largest absolute Gasteiger partial charge is 0.391 e. The molecule has 0 spiro atoms. The first-order valence-electron chi connectivity index (χ1n) is 25.6. The number of aromatic nitrogens is 3. The molecule has 0 saturated carbocycles. The molecule has 1 aliphatic rings. The number of unbranched alkanes of at least 4 members (excludes halogenated alkanes) is 7. The fraction of sp³-hybridized carbons (Fsp3) is 0.421. The number of carbonyl (C=O) groups is 5. The number of anilines is 3. The molecule has 1 saturated heterocycles. The maximum Gasteiger partial charge on any atom is 0.323 e. The summed E-state index contributed by atoms with van der Waals surface area (Å²) in [6, 6.07) is 26.8. The third kappa shape index (κ3) is 14.2. The number of likely N-dealkylation sites (tertiary alicyclic amines) is 1. The van der Waals surface area contributed by atoms with Crippen molar-refractivity contribution < 1.29 is 29.1 Å². The molecule has 5 amide bonds. The van der Waals surface area contributed by atoms with Gasteiger partial charge in [-0.3, -0.25) is 19.2 Å². The Bertz CT molecular complexity index is 2890. The Hall–Kier alpha value is -6.91. The summed E-state index contributed by atoms with van der Waals surface area (Å²) in [5.74, 6) is -0.464. The SMILES string of the molecule is Cc1ncsc1-c1ccc(CNC(=O)C2CC(O)CN2C(=O)C(NC(=O)CCCCCCCCCCC(=O)n2nc(N)c3c(-c4cccc(NC(=O)Nc5cccc(C(C)C)c5)c4)cccc32)C(C)(C)C)cc1. The van der Waals surface area contributed by atoms with E-state index in [9.17, 15) is 29.1 Å². The van der Waals surface area contributed by atoms with Crippen LogP contribution in [-0.2, 0) is 20.9 Å². The number of hydrogen-bond donors (Lipinski definition) is 6. The van der Waals surface area contributed by atoms with Crippen molar-refractivity contribution in [3.63, 3.8) is 0 Å². The van der Waals surface area contributed by atoms with Crippen molar-refractivity contribution in [3.8, 4) is 21.6 Å². The number of nitrogens with one attached hydrogen (secondary N) is 4. The van der Waals surface area contributed by atoms with Gasteiger partial charge in [0.2, 0.25) is 23.6 Å². The number of fused-ring (bicyclic) bond motifs is 1. The molecule has 0 aliphatic carbocycles. The summed E-state index contributed by atoms with van der Waals surface area (Å²) >= 11 is 1.58. The van der Waals surface area contributed by atoms with E-state index in [1.165, 1.54) is 9.58 Å². The van der Waals surface area contributed by atoms with Gasteiger partial charge in [-0.25, -0.2) is 9.78 Å². The number of rotatable bonds is 21. The van der Waals surface area contributed by atoms with Crippen molar-refractivity contribution in [2.75, 3.05) is 22.9 Å². The van der Waals surface area contributed by atoms with Crippen molar-refractivity contribution in [1.29, 1.82) is 0 Å². The average molecular weight is 1010 g/mol. The second-order valence-electron chi connectivity index (χ2n) is 20.6. The van der Waals surface area contributed by atoms with E-state index in [1.54, 1.807) is 11.3 Å². The lowest BCUT2D eigenvalue weighted by molar-refractivity contribution is -0.144. The van der Waals surface area contributed by atoms with E-state index in [2.05, 4.69) is 45.2 Å². The molecule has 2 aromatic heterocycles. The van der Waals surface area contributed by atoms with Gasteiger partial charge >= 0.3 is 6.03 Å². The number of nitrogen functional groups attached to an aromatic ring is 1. The maximum atomic E-state index is 14.1. The zero-order valence-corrected chi connectivity index (χ0v) is 43.8. The third-order valence-corrected chi connectivity index (χ3v) is 14.4. The van der Waals surface area contributed by atoms with Crippen molar-refractivity contribution in [3.05, 3.63) is 113 Å². The van der Waals surface area contributed by atoms with Gasteiger partial charge in [0.1, 0.15) is 12.1 Å². The Kier molecular flexibility index (Phi) is 18.2. The molecule has 16 heteroatoms. The monoisotopic (exact) mass is 1010 g/mol. The molecule has 7 rings (SSSR count). The van der Waals surface area contributed by atoms with E-state index >= 15 is 0 Å². The number of amides is 5. The van der Waals surface area contributed by atoms with Crippen LogP contribution in [0.5, 0.6) is 0 Å². The van der Waals surface area contributed by atoms with E-state index in [0.29, 0.717) is 41.0 Å². The first-order valence-corrected chi connectivity index (χ1v) is 26.5. The molecular formula is C57H71N9O6S. The number of carbonyl (C=O) groups excluding carboxylic acids is 5. The molecule has 15 nitrogen and oxygen atoms in total. The average Bonchev–Trinajstić information content (AvgIpc) is 4.08. The fourth-order valence-corrected chi connectivity index (χ4v) is 10.2. The molecule has 73 heavy (non-hydrogen) atoms. The summed E-state index contributed by atoms with van der Waals surface area (Å²) in [4.78, 5) is 74.0. The van der Waals surface area contributed by atoms with Crippen LogP contribution in [0.3, 0.4) is 0 Å². The first kappa shape index (κ1) is 53.9. The molecule has 3 heterocycles. The number of hydrogen-bond acceptors (Lipinski definition) is 10. The molecule has 0 radical (unpaired) electrons. The summed E-state index contributed by atoms with van der Waals surface area (Å²) < 4.78 is 1.41. The lowest BCUT2D eigenvalue weighted by Gasteiger charge is -2.35. The molecular weight excluding hydrogens is 939 g/mol. The van der Waals surface area contributed by atoms with Gasteiger partial charge in [0, 0.05) is 43.7 Å². The van der Waals surface area contributed by atoms with Crippen LogP contribution in [0.2, 0.25) is 0 Å². The lowest BCUT2D eigenvalue weighted by Crippen LogP contribution is -2.57. The Morgan fingerprint density at radius 1 is 0.808 bits per heavy atom. The highest BCUT2D eigenvalue weighted by Crippen LogP contribution is 2.35. The summed E-state index contributed by atoms with van der Waals surface area (Å²) in [6.45, 7) is 12.1. The minimum Gasteiger partial charge on any atom is -0.391 e. The normalized spacial score (nSPS) is 15.1. The molecule has 0 bridgehead atoms. The van der Waals surface area contributed by atoms with Crippen LogP contribution >= 0.6 is 11.3 Å². The second kappa shape index (κ2) is 24.7. The molecule has 4 aromatic carbocycles. The highest BCUT2D eigenvalue weighted by molar-refractivity contribution is 7.13. The van der Waals surface area contributed by atoms with Gasteiger partial charge in [-0.15, -0.1) is 16.4 Å². The van der Waals surface area contributed by atoms with E-state index < -0.39 is 23.6 Å². The predicted octanol–water partition coefficient (Wildman–Crippen LogP) is 10.8. The number of benzene rings is 4. The smallest absolute Gasteiger partial charge is 0.323 e. The van der Waals surface area contributed by atoms with Gasteiger partial charge in [-0.2, -0.15) is 4.68 Å². The quantitative estimate of drug-likeness (QED) is 0.0378. The highest BCUT2D eigenvalue weighted by Gasteiger charge is 2.44. The van der Waals surface area contributed by atoms with E-state index in [4.69, 9.17) is 5.73 Å². The van der Waals surface area contributed by atoms with E-state index in [-0.39, 0.29) is 61.4 Å². The zero-order valence-electron chi connectivity index (χ0n) is 43.0. The second-order valence-corrected chi connectivity index (χ2v) is 21.5. The molecule has 386 valence electrons. The molecule has 1 fully saturated rings. The summed E-state index contributed by atoms with van der Waals surface area (Å²) in [7, 11) is 0. The Morgan fingerprint density at radius 2 is 1.45 bits per heavy atom. The van der Waals surface area contributed by atoms with Crippen molar-refractivity contribution in [2.24, 2.45) is 5.41 Å². The Morgan fingerprint density at radius 3 is 2.11 bits per heavy atom. The number of thiazole rings is 1. The molecule has 3 unspecified atom stereocenters. The number of nitrogens with two attached hydrogens (primary N) is 1. The fourth-order valence-electron chi connectivity index (χ4n) is 9.40. The van der Waals surface area contributed by atoms with Crippen LogP contribution in [-0.4, -0.2) is 79.2 Å². The molecule has 6 aromatic rings. The highest BCUT2D eigenvalue weighted by atomic mass is 32.1. The zero-order chi connectivity index (χ0) is 52.2. The van der Waals surface area contributed by atoms with Crippen molar-refractivity contribution in [2.45, 2.75) is 143 Å². The van der Waals surface area contributed by atoms with E-state index in [0.717, 1.165) is 83.3 Å². The van der Waals surface area contributed by atoms with Crippen molar-refractivity contribution >= 4 is 69.1 Å². The Labute approximate surface area is 432 Å². The number of aliphatic hydroxyl groups excluding tert-OH is 1. The van der Waals surface area contributed by atoms with Gasteiger partial charge in [-0.05, 0) is 89.2 Å². The van der Waals surface area contributed by atoms with Gasteiger partial charge in [-0.1, -0.05) is 134 Å². The van der Waals surface area contributed by atoms with Gasteiger partial charge < -0.3 is 37.0 Å². The number of aryl methyl sites for hydroxylation is 1. The van der Waals surface area contributed by atoms with Crippen LogP contribution in [0.4, 0.5) is 22.0 Å². The van der Waals surface area contributed by atoms with E-state index in [1.807, 2.05) is 124 Å². The minimum atomic E-state index is -0.871. The molecule has 3 atom stereocenters. The maximum absolute atomic E-state index is 14.1. The molecule has 7 N–H and O–H groups in total.